The highest BCUT2D eigenvalue weighted by molar-refractivity contribution is 5.59. The number of rotatable bonds is 8. The average Bonchev–Trinajstić information content (AvgIpc) is 3.39. The lowest BCUT2D eigenvalue weighted by Crippen LogP contribution is -2.50. The largest absolute Gasteiger partial charge is 0.490 e. The van der Waals surface area contributed by atoms with Crippen LogP contribution in [0.25, 0.3) is 0 Å². The summed E-state index contributed by atoms with van der Waals surface area (Å²) in [4.78, 5) is 16.1. The number of fused-ring (bicyclic) bond motifs is 1. The van der Waals surface area contributed by atoms with Crippen molar-refractivity contribution in [1.82, 2.24) is 20.3 Å². The summed E-state index contributed by atoms with van der Waals surface area (Å²) in [6, 6.07) is 4.04. The van der Waals surface area contributed by atoms with Crippen molar-refractivity contribution < 1.29 is 9.13 Å². The van der Waals surface area contributed by atoms with Gasteiger partial charge >= 0.3 is 0 Å². The highest BCUT2D eigenvalue weighted by atomic mass is 19.1. The molecule has 3 aliphatic rings. The van der Waals surface area contributed by atoms with Gasteiger partial charge in [-0.15, -0.1) is 0 Å². The van der Waals surface area contributed by atoms with E-state index in [0.717, 1.165) is 44.3 Å². The number of nitrogen functional groups attached to an aromatic ring is 1. The van der Waals surface area contributed by atoms with E-state index in [1.54, 1.807) is 0 Å². The number of aryl methyl sites for hydroxylation is 1. The second kappa shape index (κ2) is 10.9. The van der Waals surface area contributed by atoms with Crippen molar-refractivity contribution in [2.75, 3.05) is 35.6 Å². The average molecular weight is 484 g/mol. The number of nitrogens with one attached hydrogen (secondary N) is 2. The van der Waals surface area contributed by atoms with Crippen LogP contribution in [-0.2, 0) is 6.42 Å². The first-order valence-corrected chi connectivity index (χ1v) is 13.3. The Morgan fingerprint density at radius 1 is 1.14 bits per heavy atom. The van der Waals surface area contributed by atoms with E-state index in [1.165, 1.54) is 44.6 Å². The Labute approximate surface area is 207 Å². The van der Waals surface area contributed by atoms with Crippen LogP contribution in [0.5, 0.6) is 5.75 Å². The molecule has 0 radical (unpaired) electrons. The van der Waals surface area contributed by atoms with Crippen molar-refractivity contribution in [2.24, 2.45) is 5.92 Å². The van der Waals surface area contributed by atoms with Gasteiger partial charge in [-0.2, -0.15) is 15.0 Å². The molecule has 2 aromatic rings. The molecule has 8 nitrogen and oxygen atoms in total. The molecule has 4 N–H and O–H groups in total. The van der Waals surface area contributed by atoms with Gasteiger partial charge in [-0.25, -0.2) is 4.39 Å². The van der Waals surface area contributed by atoms with Gasteiger partial charge in [0.15, 0.2) is 11.6 Å². The molecule has 35 heavy (non-hydrogen) atoms. The van der Waals surface area contributed by atoms with Crippen molar-refractivity contribution in [1.29, 1.82) is 0 Å². The van der Waals surface area contributed by atoms with E-state index in [4.69, 9.17) is 15.5 Å². The highest BCUT2D eigenvalue weighted by Gasteiger charge is 2.32. The molecule has 2 aliphatic heterocycles. The van der Waals surface area contributed by atoms with Crippen LogP contribution < -0.4 is 26.0 Å². The summed E-state index contributed by atoms with van der Waals surface area (Å²) in [6.45, 7) is 4.76. The van der Waals surface area contributed by atoms with Crippen LogP contribution in [0.3, 0.4) is 0 Å². The Morgan fingerprint density at radius 2 is 2.00 bits per heavy atom. The lowest BCUT2D eigenvalue weighted by molar-refractivity contribution is 0.273. The number of nitrogens with zero attached hydrogens (tertiary/aromatic N) is 4. The molecule has 1 aliphatic carbocycles. The van der Waals surface area contributed by atoms with Crippen LogP contribution in [0.2, 0.25) is 0 Å². The van der Waals surface area contributed by atoms with Crippen molar-refractivity contribution in [3.8, 4) is 5.75 Å². The zero-order valence-electron chi connectivity index (χ0n) is 20.7. The van der Waals surface area contributed by atoms with Gasteiger partial charge in [0, 0.05) is 30.4 Å². The molecule has 1 aromatic carbocycles. The van der Waals surface area contributed by atoms with E-state index in [-0.39, 0.29) is 17.8 Å². The summed E-state index contributed by atoms with van der Waals surface area (Å²) in [7, 11) is 0. The maximum atomic E-state index is 14.6. The predicted molar refractivity (Wildman–Crippen MR) is 137 cm³/mol. The number of nitrogens with two attached hydrogens (primary N) is 1. The van der Waals surface area contributed by atoms with Gasteiger partial charge < -0.3 is 26.0 Å². The molecule has 3 heterocycles. The van der Waals surface area contributed by atoms with Gasteiger partial charge in [-0.05, 0) is 69.0 Å². The van der Waals surface area contributed by atoms with Gasteiger partial charge in [0.25, 0.3) is 0 Å². The fourth-order valence-corrected chi connectivity index (χ4v) is 5.98. The van der Waals surface area contributed by atoms with Gasteiger partial charge in [-0.3, -0.25) is 0 Å². The molecule has 2 atom stereocenters. The molecule has 0 bridgehead atoms. The molecule has 1 saturated carbocycles. The number of benzene rings is 1. The number of ether oxygens (including phenoxy) is 1. The molecule has 1 aromatic heterocycles. The van der Waals surface area contributed by atoms with Crippen molar-refractivity contribution in [2.45, 2.75) is 83.2 Å². The third kappa shape index (κ3) is 5.60. The van der Waals surface area contributed by atoms with Crippen LogP contribution in [0.1, 0.15) is 70.3 Å². The summed E-state index contributed by atoms with van der Waals surface area (Å²) in [6.07, 6.45) is 11.4. The minimum absolute atomic E-state index is 0.169. The van der Waals surface area contributed by atoms with Crippen molar-refractivity contribution in [3.05, 3.63) is 23.5 Å². The van der Waals surface area contributed by atoms with E-state index < -0.39 is 0 Å². The maximum absolute atomic E-state index is 14.6. The van der Waals surface area contributed by atoms with Crippen LogP contribution in [-0.4, -0.2) is 46.7 Å². The minimum Gasteiger partial charge on any atom is -0.490 e. The van der Waals surface area contributed by atoms with Gasteiger partial charge in [0.1, 0.15) is 0 Å². The normalized spacial score (nSPS) is 21.3. The Kier molecular flexibility index (Phi) is 7.51. The molecule has 0 amide bonds. The summed E-state index contributed by atoms with van der Waals surface area (Å²) < 4.78 is 20.2. The van der Waals surface area contributed by atoms with E-state index in [2.05, 4.69) is 32.4 Å². The Bertz CT molecular complexity index is 1010. The number of aromatic nitrogens is 3. The van der Waals surface area contributed by atoms with Gasteiger partial charge in [0.2, 0.25) is 17.8 Å². The smallest absolute Gasteiger partial charge is 0.233 e. The van der Waals surface area contributed by atoms with Gasteiger partial charge in [0.05, 0.1) is 6.61 Å². The van der Waals surface area contributed by atoms with E-state index in [0.29, 0.717) is 41.9 Å². The van der Waals surface area contributed by atoms with Crippen LogP contribution >= 0.6 is 0 Å². The molecule has 5 rings (SSSR count). The van der Waals surface area contributed by atoms with Crippen molar-refractivity contribution >= 4 is 23.5 Å². The zero-order valence-corrected chi connectivity index (χ0v) is 20.7. The Morgan fingerprint density at radius 3 is 2.77 bits per heavy atom. The molecule has 0 spiro atoms. The molecule has 9 heteroatoms. The van der Waals surface area contributed by atoms with Crippen LogP contribution in [0.4, 0.5) is 27.9 Å². The standard InChI is InChI=1S/C26H38FN7O/c1-2-22(21-11-6-12-29-21)34(16-17-8-4-3-5-9-17)26-32-24(28)31-25(33-26)30-19-14-18-10-7-13-35-23(18)20(27)15-19/h14-15,17,21-22,29H,2-13,16H2,1H3,(H3,28,30,31,32,33). The number of halogens is 1. The van der Waals surface area contributed by atoms with Gasteiger partial charge in [-0.1, -0.05) is 26.2 Å². The fraction of sp³-hybridized carbons (Fsp3) is 0.654. The Balaban J connectivity index is 1.44. The summed E-state index contributed by atoms with van der Waals surface area (Å²) >= 11 is 0. The number of hydrogen-bond donors (Lipinski definition) is 3. The molecule has 2 unspecified atom stereocenters. The van der Waals surface area contributed by atoms with Crippen molar-refractivity contribution in [3.63, 3.8) is 0 Å². The van der Waals surface area contributed by atoms with E-state index in [1.807, 2.05) is 6.07 Å². The first-order valence-electron chi connectivity index (χ1n) is 13.3. The second-order valence-corrected chi connectivity index (χ2v) is 10.2. The quantitative estimate of drug-likeness (QED) is 0.502. The summed E-state index contributed by atoms with van der Waals surface area (Å²) in [5, 5.41) is 6.87. The second-order valence-electron chi connectivity index (χ2n) is 10.2. The Hall–Kier alpha value is -2.68. The zero-order chi connectivity index (χ0) is 24.2. The third-order valence-corrected chi connectivity index (χ3v) is 7.67. The first-order chi connectivity index (χ1) is 17.1. The van der Waals surface area contributed by atoms with Crippen LogP contribution in [0, 0.1) is 11.7 Å². The lowest BCUT2D eigenvalue weighted by atomic mass is 9.88. The monoisotopic (exact) mass is 483 g/mol. The molecular formula is C26H38FN7O. The molecule has 1 saturated heterocycles. The SMILES string of the molecule is CCC(C1CCCN1)N(CC1CCCCC1)c1nc(N)nc(Nc2cc(F)c3c(c2)CCCO3)n1. The molecule has 190 valence electrons. The van der Waals surface area contributed by atoms with E-state index in [9.17, 15) is 4.39 Å². The maximum Gasteiger partial charge on any atom is 0.233 e. The number of hydrogen-bond acceptors (Lipinski definition) is 8. The molecule has 2 fully saturated rings. The predicted octanol–water partition coefficient (Wildman–Crippen LogP) is 4.58. The number of anilines is 4. The minimum atomic E-state index is -0.371. The highest BCUT2D eigenvalue weighted by Crippen LogP contribution is 2.33. The lowest BCUT2D eigenvalue weighted by Gasteiger charge is -2.38. The summed E-state index contributed by atoms with van der Waals surface area (Å²) in [5.41, 5.74) is 7.63. The summed E-state index contributed by atoms with van der Waals surface area (Å²) in [5.74, 6) is 1.72. The first kappa shape index (κ1) is 24.0. The fourth-order valence-electron chi connectivity index (χ4n) is 5.98. The van der Waals surface area contributed by atoms with E-state index >= 15 is 0 Å². The third-order valence-electron chi connectivity index (χ3n) is 7.67. The molecular weight excluding hydrogens is 445 g/mol. The van der Waals surface area contributed by atoms with Crippen LogP contribution in [0.15, 0.2) is 12.1 Å². The topological polar surface area (TPSA) is 101 Å².